The van der Waals surface area contributed by atoms with E-state index in [4.69, 9.17) is 9.47 Å². The fourth-order valence-electron chi connectivity index (χ4n) is 2.03. The van der Waals surface area contributed by atoms with Gasteiger partial charge >= 0.3 is 12.1 Å². The summed E-state index contributed by atoms with van der Waals surface area (Å²) < 4.78 is 23.5. The Kier molecular flexibility index (Phi) is 5.73. The highest BCUT2D eigenvalue weighted by Gasteiger charge is 2.24. The van der Waals surface area contributed by atoms with Crippen LogP contribution in [0.1, 0.15) is 17.2 Å². The number of hydrogen-bond donors (Lipinski definition) is 2. The van der Waals surface area contributed by atoms with Gasteiger partial charge in [-0.1, -0.05) is 36.4 Å². The van der Waals surface area contributed by atoms with Gasteiger partial charge in [-0.15, -0.1) is 0 Å². The van der Waals surface area contributed by atoms with Crippen LogP contribution in [0.15, 0.2) is 48.5 Å². The molecule has 0 aliphatic heterocycles. The first kappa shape index (κ1) is 17.3. The van der Waals surface area contributed by atoms with E-state index in [0.717, 1.165) is 11.6 Å². The summed E-state index contributed by atoms with van der Waals surface area (Å²) in [6.45, 7) is -0.00398. The lowest BCUT2D eigenvalue weighted by Gasteiger charge is -2.15. The van der Waals surface area contributed by atoms with E-state index in [0.29, 0.717) is 0 Å². The van der Waals surface area contributed by atoms with Crippen molar-refractivity contribution in [2.24, 2.45) is 0 Å². The number of nitrogens with one attached hydrogen (secondary N) is 1. The maximum Gasteiger partial charge on any atom is 0.408 e. The first-order valence-electron chi connectivity index (χ1n) is 7.04. The van der Waals surface area contributed by atoms with Crippen molar-refractivity contribution in [2.45, 2.75) is 12.6 Å². The van der Waals surface area contributed by atoms with Crippen molar-refractivity contribution < 1.29 is 28.6 Å². The number of amides is 1. The van der Waals surface area contributed by atoms with Crippen LogP contribution in [0.3, 0.4) is 0 Å². The molecular formula is C17H16FNO5. The number of benzene rings is 2. The van der Waals surface area contributed by atoms with Gasteiger partial charge in [0.2, 0.25) is 0 Å². The molecule has 1 atom stereocenters. The zero-order valence-electron chi connectivity index (χ0n) is 12.9. The molecule has 0 heterocycles. The van der Waals surface area contributed by atoms with E-state index in [-0.39, 0.29) is 17.9 Å². The summed E-state index contributed by atoms with van der Waals surface area (Å²) in [6.07, 6.45) is -0.914. The maximum atomic E-state index is 13.7. The van der Waals surface area contributed by atoms with Gasteiger partial charge in [0.25, 0.3) is 0 Å². The first-order valence-corrected chi connectivity index (χ1v) is 7.04. The maximum absolute atomic E-state index is 13.7. The number of alkyl carbamates (subject to hydrolysis) is 1. The molecule has 0 saturated heterocycles. The van der Waals surface area contributed by atoms with E-state index in [9.17, 15) is 19.1 Å². The third-order valence-corrected chi connectivity index (χ3v) is 3.23. The molecule has 0 spiro atoms. The molecule has 0 bridgehead atoms. The summed E-state index contributed by atoms with van der Waals surface area (Å²) in [6, 6.07) is 11.1. The number of hydrogen-bond acceptors (Lipinski definition) is 4. The van der Waals surface area contributed by atoms with E-state index < -0.39 is 23.9 Å². The van der Waals surface area contributed by atoms with Crippen LogP contribution in [0.2, 0.25) is 0 Å². The lowest BCUT2D eigenvalue weighted by molar-refractivity contribution is -0.139. The van der Waals surface area contributed by atoms with Gasteiger partial charge in [-0.25, -0.2) is 14.0 Å². The molecule has 0 saturated carbocycles. The third-order valence-electron chi connectivity index (χ3n) is 3.23. The fourth-order valence-corrected chi connectivity index (χ4v) is 2.03. The van der Waals surface area contributed by atoms with Crippen LogP contribution in [0, 0.1) is 5.82 Å². The Balaban J connectivity index is 2.04. The van der Waals surface area contributed by atoms with Crippen molar-refractivity contribution in [3.63, 3.8) is 0 Å². The monoisotopic (exact) mass is 333 g/mol. The smallest absolute Gasteiger partial charge is 0.408 e. The van der Waals surface area contributed by atoms with Gasteiger partial charge in [-0.3, -0.25) is 0 Å². The Bertz CT molecular complexity index is 720. The van der Waals surface area contributed by atoms with Crippen molar-refractivity contribution >= 4 is 12.1 Å². The number of aliphatic carboxylic acids is 1. The van der Waals surface area contributed by atoms with Crippen LogP contribution in [0.4, 0.5) is 9.18 Å². The Morgan fingerprint density at radius 2 is 1.92 bits per heavy atom. The second kappa shape index (κ2) is 7.96. The predicted octanol–water partition coefficient (Wildman–Crippen LogP) is 2.89. The summed E-state index contributed by atoms with van der Waals surface area (Å²) in [7, 11) is 1.30. The van der Waals surface area contributed by atoms with Gasteiger partial charge in [0.1, 0.15) is 6.61 Å². The normalized spacial score (nSPS) is 11.4. The topological polar surface area (TPSA) is 84.9 Å². The zero-order valence-corrected chi connectivity index (χ0v) is 12.9. The van der Waals surface area contributed by atoms with Crippen LogP contribution >= 0.6 is 0 Å². The predicted molar refractivity (Wildman–Crippen MR) is 83.1 cm³/mol. The van der Waals surface area contributed by atoms with E-state index >= 15 is 0 Å². The fraction of sp³-hybridized carbons (Fsp3) is 0.176. The highest BCUT2D eigenvalue weighted by molar-refractivity contribution is 5.81. The van der Waals surface area contributed by atoms with Gasteiger partial charge in [0.15, 0.2) is 17.6 Å². The largest absolute Gasteiger partial charge is 0.494 e. The number of carboxylic acids is 1. The van der Waals surface area contributed by atoms with Crippen LogP contribution in [0.5, 0.6) is 5.75 Å². The average molecular weight is 333 g/mol. The molecular weight excluding hydrogens is 317 g/mol. The lowest BCUT2D eigenvalue weighted by Crippen LogP contribution is -2.34. The van der Waals surface area contributed by atoms with E-state index in [1.807, 2.05) is 6.07 Å². The Hall–Kier alpha value is -3.09. The van der Waals surface area contributed by atoms with Crippen LogP contribution in [-0.4, -0.2) is 24.3 Å². The molecule has 7 heteroatoms. The molecule has 0 aliphatic carbocycles. The van der Waals surface area contributed by atoms with Crippen molar-refractivity contribution in [1.29, 1.82) is 0 Å². The molecule has 0 radical (unpaired) electrons. The van der Waals surface area contributed by atoms with Gasteiger partial charge in [-0.2, -0.15) is 0 Å². The number of carbonyl (C=O) groups is 2. The summed E-state index contributed by atoms with van der Waals surface area (Å²) in [5.74, 6) is -2.08. The van der Waals surface area contributed by atoms with Gasteiger partial charge in [-0.05, 0) is 23.3 Å². The number of rotatable bonds is 6. The van der Waals surface area contributed by atoms with Crippen molar-refractivity contribution in [2.75, 3.05) is 7.11 Å². The molecule has 2 aromatic rings. The first-order chi connectivity index (χ1) is 11.5. The summed E-state index contributed by atoms with van der Waals surface area (Å²) >= 11 is 0. The second-order valence-corrected chi connectivity index (χ2v) is 4.87. The molecule has 0 aliphatic rings. The van der Waals surface area contributed by atoms with E-state index in [1.165, 1.54) is 19.2 Å². The Labute approximate surface area is 137 Å². The minimum Gasteiger partial charge on any atom is -0.494 e. The second-order valence-electron chi connectivity index (χ2n) is 4.87. The van der Waals surface area contributed by atoms with Crippen LogP contribution in [0.25, 0.3) is 0 Å². The standard InChI is InChI=1S/C17H16FNO5/c1-23-14-8-7-12(9-13(14)18)15(16(20)21)19-17(22)24-10-11-5-3-2-4-6-11/h2-9,15H,10H2,1H3,(H,19,22)(H,20,21). The van der Waals surface area contributed by atoms with Crippen molar-refractivity contribution in [1.82, 2.24) is 5.32 Å². The SMILES string of the molecule is COc1ccc(C(NC(=O)OCc2ccccc2)C(=O)O)cc1F. The molecule has 2 aromatic carbocycles. The van der Waals surface area contributed by atoms with Gasteiger partial charge in [0.05, 0.1) is 7.11 Å². The summed E-state index contributed by atoms with van der Waals surface area (Å²) in [5.41, 5.74) is 0.826. The zero-order chi connectivity index (χ0) is 17.5. The molecule has 1 unspecified atom stereocenters. The molecule has 0 fully saturated rings. The summed E-state index contributed by atoms with van der Waals surface area (Å²) in [5, 5.41) is 11.5. The van der Waals surface area contributed by atoms with Crippen LogP contribution in [-0.2, 0) is 16.1 Å². The molecule has 24 heavy (non-hydrogen) atoms. The van der Waals surface area contributed by atoms with Crippen molar-refractivity contribution in [3.05, 3.63) is 65.5 Å². The van der Waals surface area contributed by atoms with E-state index in [2.05, 4.69) is 5.32 Å². The highest BCUT2D eigenvalue weighted by Crippen LogP contribution is 2.22. The molecule has 126 valence electrons. The number of methoxy groups -OCH3 is 1. The number of carbonyl (C=O) groups excluding carboxylic acids is 1. The molecule has 2 rings (SSSR count). The minimum absolute atomic E-state index is 0.00398. The highest BCUT2D eigenvalue weighted by atomic mass is 19.1. The number of halogens is 1. The molecule has 1 amide bonds. The van der Waals surface area contributed by atoms with Crippen LogP contribution < -0.4 is 10.1 Å². The quantitative estimate of drug-likeness (QED) is 0.849. The average Bonchev–Trinajstić information content (AvgIpc) is 2.58. The minimum atomic E-state index is -1.44. The Morgan fingerprint density at radius 3 is 2.50 bits per heavy atom. The Morgan fingerprint density at radius 1 is 1.21 bits per heavy atom. The number of carboxylic acid groups (broad SMARTS) is 1. The van der Waals surface area contributed by atoms with Crippen molar-refractivity contribution in [3.8, 4) is 5.75 Å². The number of ether oxygens (including phenoxy) is 2. The molecule has 0 aromatic heterocycles. The summed E-state index contributed by atoms with van der Waals surface area (Å²) in [4.78, 5) is 23.1. The van der Waals surface area contributed by atoms with E-state index in [1.54, 1.807) is 24.3 Å². The molecule has 2 N–H and O–H groups in total. The van der Waals surface area contributed by atoms with Gasteiger partial charge in [0, 0.05) is 0 Å². The third kappa shape index (κ3) is 4.45. The van der Waals surface area contributed by atoms with Gasteiger partial charge < -0.3 is 19.9 Å². The lowest BCUT2D eigenvalue weighted by atomic mass is 10.1. The molecule has 6 nitrogen and oxygen atoms in total.